The molecule has 1 rings (SSSR count). The van der Waals surface area contributed by atoms with Crippen molar-refractivity contribution in [1.29, 1.82) is 0 Å². The van der Waals surface area contributed by atoms with Crippen LogP contribution in [0.2, 0.25) is 0 Å². The first-order valence-corrected chi connectivity index (χ1v) is 6.47. The summed E-state index contributed by atoms with van der Waals surface area (Å²) in [5, 5.41) is 9.86. The van der Waals surface area contributed by atoms with Crippen molar-refractivity contribution < 1.29 is 18.7 Å². The van der Waals surface area contributed by atoms with Crippen LogP contribution in [0.3, 0.4) is 0 Å². The van der Waals surface area contributed by atoms with E-state index in [4.69, 9.17) is 14.8 Å². The average molecular weight is 245 g/mol. The number of benzene rings is 1. The summed E-state index contributed by atoms with van der Waals surface area (Å²) in [7, 11) is -0.633. The van der Waals surface area contributed by atoms with Gasteiger partial charge in [-0.3, -0.25) is 4.57 Å². The maximum absolute atomic E-state index is 11.8. The molecule has 3 N–H and O–H groups in total. The monoisotopic (exact) mass is 245 g/mol. The van der Waals surface area contributed by atoms with Crippen LogP contribution < -0.4 is 5.73 Å². The standard InChI is InChI=1S/C10H16NO4P/c1-14-16(13,15-2)7-10(12)8-4-3-5-9(11)6-8/h3-6,10,12H,7,11H2,1-2H3. The van der Waals surface area contributed by atoms with Crippen LogP contribution in [-0.4, -0.2) is 25.5 Å². The molecule has 1 aromatic rings. The average Bonchev–Trinajstić information content (AvgIpc) is 2.29. The first kappa shape index (κ1) is 13.2. The SMILES string of the molecule is COP(=O)(CC(O)c1cccc(N)c1)OC. The molecule has 0 amide bonds. The van der Waals surface area contributed by atoms with Crippen LogP contribution >= 0.6 is 7.60 Å². The van der Waals surface area contributed by atoms with Gasteiger partial charge in [0.1, 0.15) is 0 Å². The molecule has 0 saturated carbocycles. The zero-order valence-corrected chi connectivity index (χ0v) is 10.2. The summed E-state index contributed by atoms with van der Waals surface area (Å²) < 4.78 is 21.3. The lowest BCUT2D eigenvalue weighted by atomic mass is 10.1. The van der Waals surface area contributed by atoms with Crippen molar-refractivity contribution in [2.75, 3.05) is 26.1 Å². The molecule has 5 nitrogen and oxygen atoms in total. The van der Waals surface area contributed by atoms with Gasteiger partial charge in [0, 0.05) is 19.9 Å². The van der Waals surface area contributed by atoms with E-state index in [2.05, 4.69) is 0 Å². The second-order valence-corrected chi connectivity index (χ2v) is 5.66. The third-order valence-corrected chi connectivity index (χ3v) is 4.15. The summed E-state index contributed by atoms with van der Waals surface area (Å²) in [6.07, 6.45) is -1.02. The zero-order chi connectivity index (χ0) is 12.2. The highest BCUT2D eigenvalue weighted by Gasteiger charge is 2.26. The Bertz CT molecular complexity index is 388. The molecule has 1 aromatic carbocycles. The molecular formula is C10H16NO4P. The van der Waals surface area contributed by atoms with Gasteiger partial charge >= 0.3 is 7.60 Å². The minimum absolute atomic E-state index is 0.0938. The molecule has 0 heterocycles. The molecule has 0 aliphatic rings. The highest BCUT2D eigenvalue weighted by molar-refractivity contribution is 7.53. The van der Waals surface area contributed by atoms with E-state index in [1.165, 1.54) is 14.2 Å². The van der Waals surface area contributed by atoms with Gasteiger partial charge in [-0.15, -0.1) is 0 Å². The van der Waals surface area contributed by atoms with Crippen molar-refractivity contribution in [3.05, 3.63) is 29.8 Å². The van der Waals surface area contributed by atoms with Gasteiger partial charge in [0.25, 0.3) is 0 Å². The van der Waals surface area contributed by atoms with Gasteiger partial charge in [0.2, 0.25) is 0 Å². The lowest BCUT2D eigenvalue weighted by Crippen LogP contribution is -2.07. The van der Waals surface area contributed by atoms with Crippen molar-refractivity contribution >= 4 is 13.3 Å². The minimum Gasteiger partial charge on any atom is -0.399 e. The van der Waals surface area contributed by atoms with Gasteiger partial charge < -0.3 is 19.9 Å². The largest absolute Gasteiger partial charge is 0.399 e. The third-order valence-electron chi connectivity index (χ3n) is 2.25. The third kappa shape index (κ3) is 3.32. The molecule has 0 radical (unpaired) electrons. The predicted octanol–water partition coefficient (Wildman–Crippen LogP) is 1.79. The van der Waals surface area contributed by atoms with E-state index < -0.39 is 13.7 Å². The van der Waals surface area contributed by atoms with Gasteiger partial charge in [-0.1, -0.05) is 12.1 Å². The lowest BCUT2D eigenvalue weighted by molar-refractivity contribution is 0.184. The summed E-state index contributed by atoms with van der Waals surface area (Å²) in [4.78, 5) is 0. The predicted molar refractivity (Wildman–Crippen MR) is 62.3 cm³/mol. The fourth-order valence-electron chi connectivity index (χ4n) is 1.31. The van der Waals surface area contributed by atoms with Crippen LogP contribution in [0.5, 0.6) is 0 Å². The molecule has 90 valence electrons. The highest BCUT2D eigenvalue weighted by atomic mass is 31.2. The number of nitrogens with two attached hydrogens (primary N) is 1. The number of hydrogen-bond acceptors (Lipinski definition) is 5. The van der Waals surface area contributed by atoms with Gasteiger partial charge in [-0.2, -0.15) is 0 Å². The van der Waals surface area contributed by atoms with Gasteiger partial charge in [0.05, 0.1) is 12.3 Å². The molecule has 0 bridgehead atoms. The Labute approximate surface area is 94.7 Å². The van der Waals surface area contributed by atoms with Crippen LogP contribution in [0.1, 0.15) is 11.7 Å². The molecule has 0 aliphatic heterocycles. The molecule has 0 aliphatic carbocycles. The van der Waals surface area contributed by atoms with E-state index in [0.717, 1.165) is 0 Å². The van der Waals surface area contributed by atoms with Crippen molar-refractivity contribution in [3.63, 3.8) is 0 Å². The van der Waals surface area contributed by atoms with E-state index in [1.807, 2.05) is 0 Å². The van der Waals surface area contributed by atoms with Crippen LogP contribution in [0.25, 0.3) is 0 Å². The number of nitrogen functional groups attached to an aromatic ring is 1. The van der Waals surface area contributed by atoms with Gasteiger partial charge in [-0.05, 0) is 17.7 Å². The Balaban J connectivity index is 2.79. The molecule has 1 atom stereocenters. The molecular weight excluding hydrogens is 229 g/mol. The lowest BCUT2D eigenvalue weighted by Gasteiger charge is -2.17. The Hall–Kier alpha value is -0.870. The number of rotatable bonds is 5. The Morgan fingerprint density at radius 3 is 2.56 bits per heavy atom. The maximum atomic E-state index is 11.8. The Morgan fingerprint density at radius 1 is 1.44 bits per heavy atom. The Morgan fingerprint density at radius 2 is 2.06 bits per heavy atom. The fourth-order valence-corrected chi connectivity index (χ4v) is 2.39. The summed E-state index contributed by atoms with van der Waals surface area (Å²) in [5.41, 5.74) is 6.72. The van der Waals surface area contributed by atoms with Gasteiger partial charge in [0.15, 0.2) is 0 Å². The van der Waals surface area contributed by atoms with E-state index >= 15 is 0 Å². The van der Waals surface area contributed by atoms with Crippen LogP contribution in [-0.2, 0) is 13.6 Å². The second kappa shape index (κ2) is 5.46. The number of aliphatic hydroxyl groups is 1. The topological polar surface area (TPSA) is 81.8 Å². The van der Waals surface area contributed by atoms with E-state index in [1.54, 1.807) is 24.3 Å². The summed E-state index contributed by atoms with van der Waals surface area (Å²) in [6.45, 7) is 0. The Kier molecular flexibility index (Phi) is 4.50. The molecule has 6 heteroatoms. The first-order chi connectivity index (χ1) is 7.50. The van der Waals surface area contributed by atoms with Crippen LogP contribution in [0, 0.1) is 0 Å². The smallest absolute Gasteiger partial charge is 0.333 e. The zero-order valence-electron chi connectivity index (χ0n) is 9.29. The second-order valence-electron chi connectivity index (χ2n) is 3.34. The van der Waals surface area contributed by atoms with E-state index in [9.17, 15) is 9.67 Å². The molecule has 0 fully saturated rings. The summed E-state index contributed by atoms with van der Waals surface area (Å²) >= 11 is 0. The van der Waals surface area contributed by atoms with E-state index in [-0.39, 0.29) is 6.16 Å². The van der Waals surface area contributed by atoms with Gasteiger partial charge in [-0.25, -0.2) is 0 Å². The molecule has 16 heavy (non-hydrogen) atoms. The summed E-state index contributed by atoms with van der Waals surface area (Å²) in [6, 6.07) is 6.76. The normalized spacial score (nSPS) is 13.7. The summed E-state index contributed by atoms with van der Waals surface area (Å²) in [5.74, 6) is 0. The number of aliphatic hydroxyl groups excluding tert-OH is 1. The molecule has 0 saturated heterocycles. The number of hydrogen-bond donors (Lipinski definition) is 2. The van der Waals surface area contributed by atoms with Crippen molar-refractivity contribution in [2.45, 2.75) is 6.10 Å². The van der Waals surface area contributed by atoms with Crippen molar-refractivity contribution in [3.8, 4) is 0 Å². The first-order valence-electron chi connectivity index (χ1n) is 4.75. The molecule has 0 spiro atoms. The maximum Gasteiger partial charge on any atom is 0.333 e. The van der Waals surface area contributed by atoms with Crippen LogP contribution in [0.15, 0.2) is 24.3 Å². The van der Waals surface area contributed by atoms with Crippen LogP contribution in [0.4, 0.5) is 5.69 Å². The number of anilines is 1. The molecule has 0 aromatic heterocycles. The quantitative estimate of drug-likeness (QED) is 0.610. The van der Waals surface area contributed by atoms with E-state index in [0.29, 0.717) is 11.3 Å². The molecule has 1 unspecified atom stereocenters. The van der Waals surface area contributed by atoms with Crippen molar-refractivity contribution in [2.24, 2.45) is 0 Å². The minimum atomic E-state index is -3.21. The van der Waals surface area contributed by atoms with Crippen molar-refractivity contribution in [1.82, 2.24) is 0 Å². The fraction of sp³-hybridized carbons (Fsp3) is 0.400. The highest BCUT2D eigenvalue weighted by Crippen LogP contribution is 2.49.